The van der Waals surface area contributed by atoms with Crippen LogP contribution in [0.4, 0.5) is 0 Å². The fourth-order valence-corrected chi connectivity index (χ4v) is 2.52. The van der Waals surface area contributed by atoms with Crippen molar-refractivity contribution in [3.63, 3.8) is 0 Å². The molecule has 20 heavy (non-hydrogen) atoms. The maximum absolute atomic E-state index is 6.08. The summed E-state index contributed by atoms with van der Waals surface area (Å²) < 4.78 is 7.08. The van der Waals surface area contributed by atoms with Crippen LogP contribution in [0.1, 0.15) is 18.9 Å². The molecule has 0 bridgehead atoms. The summed E-state index contributed by atoms with van der Waals surface area (Å²) in [4.78, 5) is 0. The van der Waals surface area contributed by atoms with Crippen LogP contribution < -0.4 is 10.5 Å². The van der Waals surface area contributed by atoms with Gasteiger partial charge in [0.05, 0.1) is 3.57 Å². The molecule has 2 aromatic rings. The van der Waals surface area contributed by atoms with E-state index in [1.165, 1.54) is 0 Å². The normalized spacial score (nSPS) is 12.2. The zero-order chi connectivity index (χ0) is 14.5. The molecular formula is C16H17ClINO. The third-order valence-electron chi connectivity index (χ3n) is 3.09. The molecule has 2 rings (SSSR count). The van der Waals surface area contributed by atoms with E-state index >= 15 is 0 Å². The van der Waals surface area contributed by atoms with E-state index in [4.69, 9.17) is 22.1 Å². The number of nitrogens with two attached hydrogens (primary N) is 1. The standard InChI is InChI=1S/C16H17ClINO/c1-2-13(19)9-11-7-8-12(17)10-16(11)20-15-6-4-3-5-14(15)18/h3-8,10,13H,2,9,19H2,1H3. The van der Waals surface area contributed by atoms with Crippen molar-refractivity contribution in [2.75, 3.05) is 0 Å². The minimum Gasteiger partial charge on any atom is -0.456 e. The van der Waals surface area contributed by atoms with Gasteiger partial charge in [-0.1, -0.05) is 36.7 Å². The van der Waals surface area contributed by atoms with Gasteiger partial charge in [-0.25, -0.2) is 0 Å². The highest BCUT2D eigenvalue weighted by Crippen LogP contribution is 2.31. The lowest BCUT2D eigenvalue weighted by Crippen LogP contribution is -2.21. The van der Waals surface area contributed by atoms with Gasteiger partial charge in [0.15, 0.2) is 0 Å². The van der Waals surface area contributed by atoms with E-state index in [0.717, 1.165) is 33.5 Å². The quantitative estimate of drug-likeness (QED) is 0.714. The van der Waals surface area contributed by atoms with Crippen LogP contribution in [0.2, 0.25) is 5.02 Å². The Morgan fingerprint density at radius 3 is 2.65 bits per heavy atom. The molecule has 0 aliphatic rings. The van der Waals surface area contributed by atoms with Crippen LogP contribution in [-0.2, 0) is 6.42 Å². The highest BCUT2D eigenvalue weighted by molar-refractivity contribution is 14.1. The molecule has 0 aromatic heterocycles. The minimum absolute atomic E-state index is 0.133. The van der Waals surface area contributed by atoms with Crippen molar-refractivity contribution < 1.29 is 4.74 Å². The second-order valence-electron chi connectivity index (χ2n) is 4.66. The predicted octanol–water partition coefficient (Wildman–Crippen LogP) is 5.02. The van der Waals surface area contributed by atoms with Gasteiger partial charge in [0.25, 0.3) is 0 Å². The van der Waals surface area contributed by atoms with E-state index in [-0.39, 0.29) is 6.04 Å². The zero-order valence-electron chi connectivity index (χ0n) is 11.3. The lowest BCUT2D eigenvalue weighted by Gasteiger charge is -2.15. The van der Waals surface area contributed by atoms with E-state index in [1.807, 2.05) is 42.5 Å². The summed E-state index contributed by atoms with van der Waals surface area (Å²) in [5, 5.41) is 0.666. The number of rotatable bonds is 5. The van der Waals surface area contributed by atoms with Gasteiger partial charge in [0.2, 0.25) is 0 Å². The van der Waals surface area contributed by atoms with Gasteiger partial charge in [-0.3, -0.25) is 0 Å². The van der Waals surface area contributed by atoms with E-state index in [2.05, 4.69) is 29.5 Å². The van der Waals surface area contributed by atoms with Gasteiger partial charge in [-0.15, -0.1) is 0 Å². The molecule has 0 saturated heterocycles. The zero-order valence-corrected chi connectivity index (χ0v) is 14.2. The first-order valence-corrected chi connectivity index (χ1v) is 8.02. The molecule has 0 aliphatic heterocycles. The molecule has 106 valence electrons. The molecule has 0 amide bonds. The number of hydrogen-bond donors (Lipinski definition) is 1. The summed E-state index contributed by atoms with van der Waals surface area (Å²) in [6, 6.07) is 13.8. The van der Waals surface area contributed by atoms with Crippen molar-refractivity contribution in [2.45, 2.75) is 25.8 Å². The first kappa shape index (κ1) is 15.6. The minimum atomic E-state index is 0.133. The van der Waals surface area contributed by atoms with Crippen molar-refractivity contribution in [3.05, 3.63) is 56.6 Å². The van der Waals surface area contributed by atoms with Gasteiger partial charge >= 0.3 is 0 Å². The Kier molecular flexibility index (Phi) is 5.69. The third-order valence-corrected chi connectivity index (χ3v) is 4.22. The Morgan fingerprint density at radius 2 is 1.95 bits per heavy atom. The van der Waals surface area contributed by atoms with Gasteiger partial charge in [-0.05, 0) is 65.3 Å². The number of halogens is 2. The second kappa shape index (κ2) is 7.29. The van der Waals surface area contributed by atoms with Gasteiger partial charge in [-0.2, -0.15) is 0 Å². The largest absolute Gasteiger partial charge is 0.456 e. The smallest absolute Gasteiger partial charge is 0.140 e. The SMILES string of the molecule is CCC(N)Cc1ccc(Cl)cc1Oc1ccccc1I. The Labute approximate surface area is 138 Å². The molecule has 0 aliphatic carbocycles. The number of hydrogen-bond acceptors (Lipinski definition) is 2. The Balaban J connectivity index is 2.30. The van der Waals surface area contributed by atoms with E-state index in [0.29, 0.717) is 5.02 Å². The summed E-state index contributed by atoms with van der Waals surface area (Å²) in [5.74, 6) is 1.62. The fourth-order valence-electron chi connectivity index (χ4n) is 1.86. The van der Waals surface area contributed by atoms with Crippen LogP contribution >= 0.6 is 34.2 Å². The summed E-state index contributed by atoms with van der Waals surface area (Å²) in [5.41, 5.74) is 7.13. The van der Waals surface area contributed by atoms with Crippen LogP contribution in [0.15, 0.2) is 42.5 Å². The molecule has 0 heterocycles. The highest BCUT2D eigenvalue weighted by atomic mass is 127. The van der Waals surface area contributed by atoms with Gasteiger partial charge < -0.3 is 10.5 Å². The molecule has 1 atom stereocenters. The lowest BCUT2D eigenvalue weighted by atomic mass is 10.0. The van der Waals surface area contributed by atoms with Crippen LogP contribution in [0.25, 0.3) is 0 Å². The van der Waals surface area contributed by atoms with Crippen molar-refractivity contribution >= 4 is 34.2 Å². The molecule has 2 N–H and O–H groups in total. The maximum atomic E-state index is 6.08. The van der Waals surface area contributed by atoms with Crippen LogP contribution in [0.5, 0.6) is 11.5 Å². The maximum Gasteiger partial charge on any atom is 0.140 e. The molecule has 4 heteroatoms. The van der Waals surface area contributed by atoms with E-state index in [1.54, 1.807) is 0 Å². The highest BCUT2D eigenvalue weighted by Gasteiger charge is 2.11. The molecule has 2 aromatic carbocycles. The van der Waals surface area contributed by atoms with E-state index in [9.17, 15) is 0 Å². The summed E-state index contributed by atoms with van der Waals surface area (Å²) >= 11 is 8.34. The molecule has 2 nitrogen and oxygen atoms in total. The van der Waals surface area contributed by atoms with E-state index < -0.39 is 0 Å². The first-order valence-electron chi connectivity index (χ1n) is 6.56. The van der Waals surface area contributed by atoms with Crippen LogP contribution in [-0.4, -0.2) is 6.04 Å². The molecule has 0 saturated carbocycles. The summed E-state index contributed by atoms with van der Waals surface area (Å²) in [6.45, 7) is 2.08. The summed E-state index contributed by atoms with van der Waals surface area (Å²) in [6.07, 6.45) is 1.72. The first-order chi connectivity index (χ1) is 9.60. The molecule has 0 fully saturated rings. The predicted molar refractivity (Wildman–Crippen MR) is 92.7 cm³/mol. The molecular weight excluding hydrogens is 385 g/mol. The molecule has 0 spiro atoms. The van der Waals surface area contributed by atoms with Gasteiger partial charge in [0.1, 0.15) is 11.5 Å². The Hall–Kier alpha value is -0.780. The monoisotopic (exact) mass is 401 g/mol. The topological polar surface area (TPSA) is 35.2 Å². The average Bonchev–Trinajstić information content (AvgIpc) is 2.44. The number of ether oxygens (including phenoxy) is 1. The van der Waals surface area contributed by atoms with Crippen LogP contribution in [0, 0.1) is 3.57 Å². The molecule has 1 unspecified atom stereocenters. The fraction of sp³-hybridized carbons (Fsp3) is 0.250. The Morgan fingerprint density at radius 1 is 1.20 bits per heavy atom. The average molecular weight is 402 g/mol. The number of benzene rings is 2. The lowest BCUT2D eigenvalue weighted by molar-refractivity contribution is 0.469. The van der Waals surface area contributed by atoms with Crippen LogP contribution in [0.3, 0.4) is 0 Å². The van der Waals surface area contributed by atoms with Gasteiger partial charge in [0, 0.05) is 11.1 Å². The Bertz CT molecular complexity index is 588. The van der Waals surface area contributed by atoms with Crippen molar-refractivity contribution in [2.24, 2.45) is 5.73 Å². The van der Waals surface area contributed by atoms with Crippen molar-refractivity contribution in [1.82, 2.24) is 0 Å². The summed E-state index contributed by atoms with van der Waals surface area (Å²) in [7, 11) is 0. The second-order valence-corrected chi connectivity index (χ2v) is 6.26. The van der Waals surface area contributed by atoms with Crippen molar-refractivity contribution in [1.29, 1.82) is 0 Å². The van der Waals surface area contributed by atoms with Crippen molar-refractivity contribution in [3.8, 4) is 11.5 Å². The molecule has 0 radical (unpaired) electrons. The third kappa shape index (κ3) is 4.11. The number of para-hydroxylation sites is 1.